The summed E-state index contributed by atoms with van der Waals surface area (Å²) in [6.45, 7) is 0.141. The second-order valence-electron chi connectivity index (χ2n) is 4.95. The smallest absolute Gasteiger partial charge is 0.293 e. The van der Waals surface area contributed by atoms with Crippen molar-refractivity contribution in [3.05, 3.63) is 69.6 Å². The van der Waals surface area contributed by atoms with Crippen molar-refractivity contribution >= 4 is 40.6 Å². The van der Waals surface area contributed by atoms with Gasteiger partial charge in [-0.3, -0.25) is 14.5 Å². The average molecular weight is 346 g/mol. The third-order valence-corrected chi connectivity index (χ3v) is 4.60. The molecule has 116 valence electrons. The number of hydrogen-bond acceptors (Lipinski definition) is 4. The number of amides is 2. The number of imide groups is 1. The van der Waals surface area contributed by atoms with Gasteiger partial charge in [0.05, 0.1) is 11.4 Å². The number of thioether (sulfide) groups is 1. The largest absolute Gasteiger partial charge is 0.508 e. The number of halogens is 1. The number of benzene rings is 2. The molecule has 1 N–H and O–H groups in total. The minimum Gasteiger partial charge on any atom is -0.508 e. The quantitative estimate of drug-likeness (QED) is 0.843. The first-order valence-electron chi connectivity index (χ1n) is 6.82. The molecule has 4 nitrogen and oxygen atoms in total. The molecule has 0 saturated carbocycles. The van der Waals surface area contributed by atoms with E-state index in [0.717, 1.165) is 17.3 Å². The molecule has 1 saturated heterocycles. The van der Waals surface area contributed by atoms with Gasteiger partial charge in [0.2, 0.25) is 0 Å². The molecule has 1 aliphatic rings. The molecule has 23 heavy (non-hydrogen) atoms. The Morgan fingerprint density at radius 2 is 1.91 bits per heavy atom. The predicted octanol–water partition coefficient (Wildman–Crippen LogP) is 4.28. The predicted molar refractivity (Wildman–Crippen MR) is 91.1 cm³/mol. The molecule has 0 bridgehead atoms. The number of phenolic OH excluding ortho intramolecular Hbond substituents is 1. The van der Waals surface area contributed by atoms with Crippen LogP contribution in [0.2, 0.25) is 5.02 Å². The normalized spacial score (nSPS) is 16.4. The van der Waals surface area contributed by atoms with Gasteiger partial charge in [-0.15, -0.1) is 0 Å². The van der Waals surface area contributed by atoms with Gasteiger partial charge in [-0.25, -0.2) is 0 Å². The van der Waals surface area contributed by atoms with E-state index in [1.165, 1.54) is 11.0 Å². The van der Waals surface area contributed by atoms with Gasteiger partial charge in [-0.05, 0) is 47.2 Å². The maximum atomic E-state index is 12.4. The summed E-state index contributed by atoms with van der Waals surface area (Å²) in [7, 11) is 0. The Bertz CT molecular complexity index is 819. The number of rotatable bonds is 3. The SMILES string of the molecule is O=C1SC(=Cc2cccc(O)c2)C(=O)N1Cc1ccccc1Cl. The van der Waals surface area contributed by atoms with Crippen LogP contribution in [-0.4, -0.2) is 21.2 Å². The number of aromatic hydroxyl groups is 1. The van der Waals surface area contributed by atoms with Crippen molar-refractivity contribution in [2.75, 3.05) is 0 Å². The van der Waals surface area contributed by atoms with Crippen LogP contribution in [0, 0.1) is 0 Å². The van der Waals surface area contributed by atoms with Crippen molar-refractivity contribution in [2.24, 2.45) is 0 Å². The molecule has 0 atom stereocenters. The van der Waals surface area contributed by atoms with Gasteiger partial charge >= 0.3 is 0 Å². The maximum Gasteiger partial charge on any atom is 0.293 e. The summed E-state index contributed by atoms with van der Waals surface area (Å²) in [4.78, 5) is 26.0. The molecule has 2 aromatic rings. The summed E-state index contributed by atoms with van der Waals surface area (Å²) in [5.41, 5.74) is 1.38. The molecule has 0 unspecified atom stereocenters. The first-order chi connectivity index (χ1) is 11.0. The molecule has 2 aromatic carbocycles. The minimum atomic E-state index is -0.358. The van der Waals surface area contributed by atoms with Crippen molar-refractivity contribution in [2.45, 2.75) is 6.54 Å². The fourth-order valence-electron chi connectivity index (χ4n) is 2.20. The van der Waals surface area contributed by atoms with E-state index in [2.05, 4.69) is 0 Å². The summed E-state index contributed by atoms with van der Waals surface area (Å²) in [6.07, 6.45) is 1.59. The summed E-state index contributed by atoms with van der Waals surface area (Å²) < 4.78 is 0. The van der Waals surface area contributed by atoms with Crippen LogP contribution in [0.5, 0.6) is 5.75 Å². The van der Waals surface area contributed by atoms with E-state index in [9.17, 15) is 14.7 Å². The highest BCUT2D eigenvalue weighted by molar-refractivity contribution is 8.18. The van der Waals surface area contributed by atoms with Crippen LogP contribution in [0.15, 0.2) is 53.4 Å². The zero-order valence-electron chi connectivity index (χ0n) is 11.9. The second-order valence-corrected chi connectivity index (χ2v) is 6.35. The van der Waals surface area contributed by atoms with E-state index in [1.54, 1.807) is 42.5 Å². The molecule has 3 rings (SSSR count). The molecule has 6 heteroatoms. The maximum absolute atomic E-state index is 12.4. The van der Waals surface area contributed by atoms with Gasteiger partial charge in [0.1, 0.15) is 5.75 Å². The number of phenols is 1. The third kappa shape index (κ3) is 3.41. The van der Waals surface area contributed by atoms with Crippen LogP contribution in [0.25, 0.3) is 6.08 Å². The van der Waals surface area contributed by atoms with Crippen LogP contribution in [0.4, 0.5) is 4.79 Å². The van der Waals surface area contributed by atoms with Crippen LogP contribution in [0.3, 0.4) is 0 Å². The molecule has 1 heterocycles. The van der Waals surface area contributed by atoms with Gasteiger partial charge in [0.25, 0.3) is 11.1 Å². The van der Waals surface area contributed by atoms with Crippen LogP contribution in [0.1, 0.15) is 11.1 Å². The average Bonchev–Trinajstić information content (AvgIpc) is 2.77. The summed E-state index contributed by atoms with van der Waals surface area (Å²) in [5, 5.41) is 9.65. The molecule has 1 aliphatic heterocycles. The van der Waals surface area contributed by atoms with Crippen molar-refractivity contribution in [3.63, 3.8) is 0 Å². The van der Waals surface area contributed by atoms with Crippen LogP contribution >= 0.6 is 23.4 Å². The monoisotopic (exact) mass is 345 g/mol. The van der Waals surface area contributed by atoms with E-state index < -0.39 is 0 Å². The van der Waals surface area contributed by atoms with Crippen LogP contribution < -0.4 is 0 Å². The van der Waals surface area contributed by atoms with Gasteiger partial charge in [0, 0.05) is 5.02 Å². The Kier molecular flexibility index (Phi) is 4.41. The van der Waals surface area contributed by atoms with Crippen molar-refractivity contribution in [1.82, 2.24) is 4.90 Å². The first kappa shape index (κ1) is 15.6. The van der Waals surface area contributed by atoms with Crippen LogP contribution in [-0.2, 0) is 11.3 Å². The lowest BCUT2D eigenvalue weighted by molar-refractivity contribution is -0.123. The Balaban J connectivity index is 1.84. The summed E-state index contributed by atoms with van der Waals surface area (Å²) in [5.74, 6) is -0.252. The topological polar surface area (TPSA) is 57.6 Å². The molecule has 0 spiro atoms. The molecule has 0 aliphatic carbocycles. The van der Waals surface area contributed by atoms with Gasteiger partial charge < -0.3 is 5.11 Å². The first-order valence-corrected chi connectivity index (χ1v) is 8.02. The Morgan fingerprint density at radius 1 is 1.13 bits per heavy atom. The molecule has 0 radical (unpaired) electrons. The van der Waals surface area contributed by atoms with Crippen molar-refractivity contribution < 1.29 is 14.7 Å². The van der Waals surface area contributed by atoms with Crippen molar-refractivity contribution in [1.29, 1.82) is 0 Å². The zero-order valence-corrected chi connectivity index (χ0v) is 13.5. The number of nitrogens with zero attached hydrogens (tertiary/aromatic N) is 1. The van der Waals surface area contributed by atoms with Gasteiger partial charge in [-0.2, -0.15) is 0 Å². The molecule has 0 aromatic heterocycles. The fraction of sp³-hybridized carbons (Fsp3) is 0.0588. The highest BCUT2D eigenvalue weighted by Gasteiger charge is 2.35. The Labute approximate surface area is 142 Å². The summed E-state index contributed by atoms with van der Waals surface area (Å²) >= 11 is 6.96. The molecule has 2 amide bonds. The number of carbonyl (C=O) groups is 2. The third-order valence-electron chi connectivity index (χ3n) is 3.33. The standard InChI is InChI=1S/C17H12ClNO3S/c18-14-7-2-1-5-12(14)10-19-16(21)15(23-17(19)22)9-11-4-3-6-13(20)8-11/h1-9,20H,10H2. The lowest BCUT2D eigenvalue weighted by Gasteiger charge is -2.13. The van der Waals surface area contributed by atoms with E-state index >= 15 is 0 Å². The van der Waals surface area contributed by atoms with Gasteiger partial charge in [0.15, 0.2) is 0 Å². The number of hydrogen-bond donors (Lipinski definition) is 1. The molecular weight excluding hydrogens is 334 g/mol. The van der Waals surface area contributed by atoms with Crippen molar-refractivity contribution in [3.8, 4) is 5.75 Å². The Hall–Kier alpha value is -2.24. The Morgan fingerprint density at radius 3 is 2.65 bits per heavy atom. The van der Waals surface area contributed by atoms with E-state index in [1.807, 2.05) is 6.07 Å². The van der Waals surface area contributed by atoms with E-state index in [4.69, 9.17) is 11.6 Å². The number of carbonyl (C=O) groups excluding carboxylic acids is 2. The van der Waals surface area contributed by atoms with Gasteiger partial charge in [-0.1, -0.05) is 41.9 Å². The molecule has 1 fully saturated rings. The zero-order chi connectivity index (χ0) is 16.4. The second kappa shape index (κ2) is 6.48. The summed E-state index contributed by atoms with van der Waals surface area (Å²) in [6, 6.07) is 13.6. The lowest BCUT2D eigenvalue weighted by atomic mass is 10.2. The highest BCUT2D eigenvalue weighted by Crippen LogP contribution is 2.34. The minimum absolute atomic E-state index is 0.106. The van der Waals surface area contributed by atoms with E-state index in [0.29, 0.717) is 15.5 Å². The lowest BCUT2D eigenvalue weighted by Crippen LogP contribution is -2.27. The fourth-order valence-corrected chi connectivity index (χ4v) is 3.23. The molecular formula is C17H12ClNO3S. The van der Waals surface area contributed by atoms with E-state index in [-0.39, 0.29) is 23.4 Å². The highest BCUT2D eigenvalue weighted by atomic mass is 35.5.